The second kappa shape index (κ2) is 5.43. The van der Waals surface area contributed by atoms with Gasteiger partial charge in [0, 0.05) is 17.1 Å². The third kappa shape index (κ3) is 4.74. The monoisotopic (exact) mass is 250 g/mol. The summed E-state index contributed by atoms with van der Waals surface area (Å²) < 4.78 is 36.2. The molecule has 0 saturated carbocycles. The van der Waals surface area contributed by atoms with Crippen molar-refractivity contribution in [2.75, 3.05) is 11.6 Å². The first-order valence-corrected chi connectivity index (χ1v) is 5.96. The third-order valence-electron chi connectivity index (χ3n) is 1.90. The second-order valence-corrected chi connectivity index (χ2v) is 4.33. The molecule has 0 radical (unpaired) electrons. The predicted molar refractivity (Wildman–Crippen MR) is 59.8 cm³/mol. The van der Waals surface area contributed by atoms with Crippen molar-refractivity contribution in [3.05, 3.63) is 18.3 Å². The van der Waals surface area contributed by atoms with Crippen LogP contribution in [-0.4, -0.2) is 23.5 Å². The Morgan fingerprint density at radius 1 is 1.44 bits per heavy atom. The van der Waals surface area contributed by atoms with Gasteiger partial charge in [-0.25, -0.2) is 4.98 Å². The molecule has 6 heteroatoms. The molecule has 1 aromatic heterocycles. The maximum Gasteiger partial charge on any atom is 0.391 e. The number of pyridine rings is 1. The van der Waals surface area contributed by atoms with Crippen molar-refractivity contribution in [2.45, 2.75) is 30.5 Å². The zero-order valence-electron chi connectivity index (χ0n) is 9.01. The molecular weight excluding hydrogens is 237 g/mol. The highest BCUT2D eigenvalue weighted by molar-refractivity contribution is 7.98. The molecule has 90 valence electrons. The van der Waals surface area contributed by atoms with E-state index in [4.69, 9.17) is 0 Å². The number of rotatable bonds is 4. The summed E-state index contributed by atoms with van der Waals surface area (Å²) in [4.78, 5) is 5.00. The van der Waals surface area contributed by atoms with Crippen LogP contribution in [0.25, 0.3) is 0 Å². The van der Waals surface area contributed by atoms with Gasteiger partial charge in [0.1, 0.15) is 5.82 Å². The van der Waals surface area contributed by atoms with E-state index in [1.54, 1.807) is 12.3 Å². The summed E-state index contributed by atoms with van der Waals surface area (Å²) >= 11 is 1.54. The van der Waals surface area contributed by atoms with Crippen LogP contribution in [0.4, 0.5) is 19.0 Å². The van der Waals surface area contributed by atoms with Gasteiger partial charge in [-0.15, -0.1) is 11.8 Å². The Bertz CT molecular complexity index is 324. The van der Waals surface area contributed by atoms with Gasteiger partial charge in [0.05, 0.1) is 6.42 Å². The van der Waals surface area contributed by atoms with Gasteiger partial charge in [-0.3, -0.25) is 0 Å². The van der Waals surface area contributed by atoms with Crippen LogP contribution >= 0.6 is 11.8 Å². The number of hydrogen-bond donors (Lipinski definition) is 1. The third-order valence-corrected chi connectivity index (χ3v) is 2.62. The molecule has 1 N–H and O–H groups in total. The summed E-state index contributed by atoms with van der Waals surface area (Å²) in [6.07, 6.45) is -1.46. The number of nitrogens with zero attached hydrogens (tertiary/aromatic N) is 1. The summed E-state index contributed by atoms with van der Waals surface area (Å²) in [5, 5.41) is 2.71. The molecule has 0 fully saturated rings. The highest BCUT2D eigenvalue weighted by Crippen LogP contribution is 2.23. The molecule has 16 heavy (non-hydrogen) atoms. The van der Waals surface area contributed by atoms with E-state index >= 15 is 0 Å². The Morgan fingerprint density at radius 2 is 2.12 bits per heavy atom. The van der Waals surface area contributed by atoms with Crippen LogP contribution in [0.5, 0.6) is 0 Å². The lowest BCUT2D eigenvalue weighted by Crippen LogP contribution is -2.24. The van der Waals surface area contributed by atoms with Crippen LogP contribution < -0.4 is 5.32 Å². The maximum atomic E-state index is 12.1. The van der Waals surface area contributed by atoms with Gasteiger partial charge in [0.25, 0.3) is 0 Å². The molecule has 1 rings (SSSR count). The van der Waals surface area contributed by atoms with Crippen LogP contribution in [0.1, 0.15) is 13.3 Å². The molecular formula is C10H13F3N2S. The van der Waals surface area contributed by atoms with E-state index in [1.165, 1.54) is 18.7 Å². The van der Waals surface area contributed by atoms with Gasteiger partial charge in [-0.2, -0.15) is 13.2 Å². The first-order chi connectivity index (χ1) is 7.40. The summed E-state index contributed by atoms with van der Waals surface area (Å²) in [5.74, 6) is 0.467. The molecule has 0 aliphatic rings. The van der Waals surface area contributed by atoms with Gasteiger partial charge in [-0.05, 0) is 25.3 Å². The summed E-state index contributed by atoms with van der Waals surface area (Å²) in [7, 11) is 0. The number of halogens is 3. The van der Waals surface area contributed by atoms with Gasteiger partial charge in [-0.1, -0.05) is 0 Å². The molecule has 1 heterocycles. The molecule has 0 bridgehead atoms. The molecule has 0 aliphatic carbocycles. The summed E-state index contributed by atoms with van der Waals surface area (Å²) in [6, 6.07) is 2.83. The van der Waals surface area contributed by atoms with Crippen molar-refractivity contribution in [3.63, 3.8) is 0 Å². The fraction of sp³-hybridized carbons (Fsp3) is 0.500. The standard InChI is InChI=1S/C10H13F3N2S/c1-7(5-10(11,12)13)15-9-4-3-8(16-2)6-14-9/h3-4,6-7H,5H2,1-2H3,(H,14,15). The van der Waals surface area contributed by atoms with E-state index in [0.29, 0.717) is 5.82 Å². The Hall–Kier alpha value is -0.910. The van der Waals surface area contributed by atoms with E-state index < -0.39 is 18.6 Å². The van der Waals surface area contributed by atoms with Crippen LogP contribution in [0, 0.1) is 0 Å². The number of aromatic nitrogens is 1. The number of nitrogens with one attached hydrogen (secondary N) is 1. The number of alkyl halides is 3. The Kier molecular flexibility index (Phi) is 4.46. The Morgan fingerprint density at radius 3 is 2.56 bits per heavy atom. The smallest absolute Gasteiger partial charge is 0.367 e. The average molecular weight is 250 g/mol. The molecule has 0 aromatic carbocycles. The molecule has 1 unspecified atom stereocenters. The van der Waals surface area contributed by atoms with Gasteiger partial charge >= 0.3 is 6.18 Å². The molecule has 1 aromatic rings. The van der Waals surface area contributed by atoms with Crippen molar-refractivity contribution in [2.24, 2.45) is 0 Å². The Labute approximate surface area is 96.6 Å². The lowest BCUT2D eigenvalue weighted by atomic mass is 10.2. The van der Waals surface area contributed by atoms with Crippen molar-refractivity contribution >= 4 is 17.6 Å². The highest BCUT2D eigenvalue weighted by Gasteiger charge is 2.29. The molecule has 0 saturated heterocycles. The molecule has 0 amide bonds. The topological polar surface area (TPSA) is 24.9 Å². The zero-order valence-corrected chi connectivity index (χ0v) is 9.82. The predicted octanol–water partition coefficient (Wildman–Crippen LogP) is 3.56. The van der Waals surface area contributed by atoms with E-state index in [0.717, 1.165) is 4.90 Å². The van der Waals surface area contributed by atoms with E-state index in [2.05, 4.69) is 10.3 Å². The van der Waals surface area contributed by atoms with Crippen molar-refractivity contribution in [1.29, 1.82) is 0 Å². The first kappa shape index (κ1) is 13.2. The number of thioether (sulfide) groups is 1. The minimum Gasteiger partial charge on any atom is -0.367 e. The zero-order chi connectivity index (χ0) is 12.2. The van der Waals surface area contributed by atoms with Crippen molar-refractivity contribution < 1.29 is 13.2 Å². The van der Waals surface area contributed by atoms with E-state index in [-0.39, 0.29) is 0 Å². The van der Waals surface area contributed by atoms with Gasteiger partial charge in [0.2, 0.25) is 0 Å². The van der Waals surface area contributed by atoms with Gasteiger partial charge in [0.15, 0.2) is 0 Å². The number of hydrogen-bond acceptors (Lipinski definition) is 3. The quantitative estimate of drug-likeness (QED) is 0.827. The van der Waals surface area contributed by atoms with E-state index in [1.807, 2.05) is 12.3 Å². The van der Waals surface area contributed by atoms with E-state index in [9.17, 15) is 13.2 Å². The minimum absolute atomic E-state index is 0.467. The van der Waals surface area contributed by atoms with Crippen LogP contribution in [0.3, 0.4) is 0 Å². The minimum atomic E-state index is -4.15. The lowest BCUT2D eigenvalue weighted by molar-refractivity contribution is -0.136. The normalized spacial score (nSPS) is 13.6. The number of anilines is 1. The Balaban J connectivity index is 2.53. The summed E-state index contributed by atoms with van der Waals surface area (Å²) in [6.45, 7) is 1.48. The van der Waals surface area contributed by atoms with Crippen molar-refractivity contribution in [1.82, 2.24) is 4.98 Å². The highest BCUT2D eigenvalue weighted by atomic mass is 32.2. The largest absolute Gasteiger partial charge is 0.391 e. The average Bonchev–Trinajstić information content (AvgIpc) is 2.16. The fourth-order valence-electron chi connectivity index (χ4n) is 1.24. The molecule has 0 spiro atoms. The van der Waals surface area contributed by atoms with Crippen molar-refractivity contribution in [3.8, 4) is 0 Å². The van der Waals surface area contributed by atoms with Crippen LogP contribution in [0.2, 0.25) is 0 Å². The maximum absolute atomic E-state index is 12.1. The molecule has 0 aliphatic heterocycles. The first-order valence-electron chi connectivity index (χ1n) is 4.74. The van der Waals surface area contributed by atoms with Crippen LogP contribution in [-0.2, 0) is 0 Å². The summed E-state index contributed by atoms with van der Waals surface area (Å²) in [5.41, 5.74) is 0. The van der Waals surface area contributed by atoms with Gasteiger partial charge < -0.3 is 5.32 Å². The SMILES string of the molecule is CSc1ccc(NC(C)CC(F)(F)F)nc1. The fourth-order valence-corrected chi connectivity index (χ4v) is 1.60. The molecule has 2 nitrogen and oxygen atoms in total. The lowest BCUT2D eigenvalue weighted by Gasteiger charge is -2.16. The van der Waals surface area contributed by atoms with Crippen LogP contribution in [0.15, 0.2) is 23.2 Å². The second-order valence-electron chi connectivity index (χ2n) is 3.45. The molecule has 1 atom stereocenters.